The Labute approximate surface area is 98.6 Å². The van der Waals surface area contributed by atoms with E-state index in [0.29, 0.717) is 0 Å². The second kappa shape index (κ2) is 4.94. The van der Waals surface area contributed by atoms with E-state index in [1.54, 1.807) is 0 Å². The molecule has 0 saturated heterocycles. The van der Waals surface area contributed by atoms with Crippen LogP contribution in [0.3, 0.4) is 0 Å². The summed E-state index contributed by atoms with van der Waals surface area (Å²) in [5.74, 6) is 0.405. The van der Waals surface area contributed by atoms with Crippen molar-refractivity contribution < 1.29 is 4.79 Å². The highest BCUT2D eigenvalue weighted by molar-refractivity contribution is 8.68. The monoisotopic (exact) mass is 239 g/mol. The fourth-order valence-corrected chi connectivity index (χ4v) is 2.36. The Kier molecular flexibility index (Phi) is 3.59. The lowest BCUT2D eigenvalue weighted by atomic mass is 10.2. The molecule has 4 heteroatoms. The van der Waals surface area contributed by atoms with Crippen LogP contribution in [0.25, 0.3) is 0 Å². The van der Waals surface area contributed by atoms with Crippen molar-refractivity contribution in [3.05, 3.63) is 35.9 Å². The number of hydrogen-bond donors (Lipinski definition) is 2. The van der Waals surface area contributed by atoms with Gasteiger partial charge in [0.1, 0.15) is 5.37 Å². The Balaban J connectivity index is 2.00. The Bertz CT molecular complexity index is 338. The van der Waals surface area contributed by atoms with Crippen molar-refractivity contribution in [3.8, 4) is 0 Å². The van der Waals surface area contributed by atoms with Gasteiger partial charge in [-0.15, -0.1) is 11.7 Å². The number of nitrogens with one attached hydrogen (secondary N) is 1. The Morgan fingerprint density at radius 1 is 1.40 bits per heavy atom. The summed E-state index contributed by atoms with van der Waals surface area (Å²) in [6, 6.07) is 9.90. The van der Waals surface area contributed by atoms with Crippen molar-refractivity contribution in [2.45, 2.75) is 18.2 Å². The quantitative estimate of drug-likeness (QED) is 0.480. The largest absolute Gasteiger partial charge is 0.339 e. The Morgan fingerprint density at radius 2 is 2.07 bits per heavy atom. The zero-order valence-electron chi connectivity index (χ0n) is 8.22. The summed E-state index contributed by atoms with van der Waals surface area (Å²) in [6.45, 7) is 0. The third-order valence-corrected chi connectivity index (χ3v) is 3.66. The van der Waals surface area contributed by atoms with Crippen LogP contribution < -0.4 is 5.32 Å². The topological polar surface area (TPSA) is 29.1 Å². The fourth-order valence-electron chi connectivity index (χ4n) is 1.39. The van der Waals surface area contributed by atoms with Crippen molar-refractivity contribution in [1.82, 2.24) is 5.32 Å². The molecule has 0 bridgehead atoms. The highest BCUT2D eigenvalue weighted by Crippen LogP contribution is 2.33. The molecule has 80 valence electrons. The number of thiol groups is 1. The predicted molar refractivity (Wildman–Crippen MR) is 66.6 cm³/mol. The van der Waals surface area contributed by atoms with E-state index >= 15 is 0 Å². The van der Waals surface area contributed by atoms with Gasteiger partial charge in [0, 0.05) is 5.92 Å². The first kappa shape index (κ1) is 10.9. The van der Waals surface area contributed by atoms with Gasteiger partial charge in [-0.25, -0.2) is 0 Å². The second-order valence-corrected chi connectivity index (χ2v) is 4.99. The Hall–Kier alpha value is -0.610. The van der Waals surface area contributed by atoms with Crippen LogP contribution in [0.15, 0.2) is 30.3 Å². The molecule has 0 spiro atoms. The molecule has 1 aliphatic carbocycles. The van der Waals surface area contributed by atoms with Crippen molar-refractivity contribution in [2.75, 3.05) is 0 Å². The fraction of sp³-hybridized carbons (Fsp3) is 0.364. The average Bonchev–Trinajstić information content (AvgIpc) is 3.10. The molecular weight excluding hydrogens is 226 g/mol. The molecule has 0 aromatic heterocycles. The summed E-state index contributed by atoms with van der Waals surface area (Å²) < 4.78 is 0. The molecule has 1 N–H and O–H groups in total. The SMILES string of the molecule is O=C(N[C@@H](SS)c1ccccc1)C1CC1. The highest BCUT2D eigenvalue weighted by atomic mass is 33.1. The zero-order chi connectivity index (χ0) is 10.7. The summed E-state index contributed by atoms with van der Waals surface area (Å²) in [5, 5.41) is 2.95. The molecule has 1 atom stereocenters. The molecule has 1 aromatic carbocycles. The molecule has 0 heterocycles. The van der Waals surface area contributed by atoms with E-state index in [2.05, 4.69) is 17.0 Å². The molecule has 1 fully saturated rings. The lowest BCUT2D eigenvalue weighted by Crippen LogP contribution is -2.27. The van der Waals surface area contributed by atoms with Crippen LogP contribution in [0, 0.1) is 5.92 Å². The smallest absolute Gasteiger partial charge is 0.224 e. The molecule has 2 nitrogen and oxygen atoms in total. The summed E-state index contributed by atoms with van der Waals surface area (Å²) >= 11 is 4.19. The molecular formula is C11H13NOS2. The van der Waals surface area contributed by atoms with E-state index in [4.69, 9.17) is 0 Å². The van der Waals surface area contributed by atoms with E-state index < -0.39 is 0 Å². The molecule has 15 heavy (non-hydrogen) atoms. The van der Waals surface area contributed by atoms with Crippen LogP contribution in [0.4, 0.5) is 0 Å². The van der Waals surface area contributed by atoms with E-state index in [-0.39, 0.29) is 17.2 Å². The molecule has 1 aliphatic rings. The lowest BCUT2D eigenvalue weighted by Gasteiger charge is -2.15. The summed E-state index contributed by atoms with van der Waals surface area (Å²) in [5.41, 5.74) is 1.09. The molecule has 0 radical (unpaired) electrons. The van der Waals surface area contributed by atoms with Gasteiger partial charge in [0.15, 0.2) is 0 Å². The molecule has 2 rings (SSSR count). The Morgan fingerprint density at radius 3 is 2.60 bits per heavy atom. The number of amides is 1. The molecule has 1 amide bonds. The van der Waals surface area contributed by atoms with E-state index in [1.165, 1.54) is 10.8 Å². The standard InChI is InChI=1S/C11H13NOS2/c13-10(8-6-7-8)12-11(15-14)9-4-2-1-3-5-9/h1-5,8,11,14H,6-7H2,(H,12,13)/t11-/m0/s1. The van der Waals surface area contributed by atoms with Gasteiger partial charge in [-0.05, 0) is 18.4 Å². The summed E-state index contributed by atoms with van der Waals surface area (Å²) in [7, 11) is 1.36. The summed E-state index contributed by atoms with van der Waals surface area (Å²) in [4.78, 5) is 11.6. The number of hydrogen-bond acceptors (Lipinski definition) is 3. The highest BCUT2D eigenvalue weighted by Gasteiger charge is 2.31. The van der Waals surface area contributed by atoms with Crippen molar-refractivity contribution >= 4 is 28.4 Å². The number of carbonyl (C=O) groups excluding carboxylic acids is 1. The van der Waals surface area contributed by atoms with Gasteiger partial charge in [-0.1, -0.05) is 41.1 Å². The maximum absolute atomic E-state index is 11.6. The number of carbonyl (C=O) groups is 1. The van der Waals surface area contributed by atoms with Crippen LogP contribution in [0.1, 0.15) is 23.8 Å². The van der Waals surface area contributed by atoms with Gasteiger partial charge in [-0.2, -0.15) is 0 Å². The van der Waals surface area contributed by atoms with E-state index in [0.717, 1.165) is 18.4 Å². The van der Waals surface area contributed by atoms with Gasteiger partial charge >= 0.3 is 0 Å². The third-order valence-electron chi connectivity index (χ3n) is 2.43. The van der Waals surface area contributed by atoms with Crippen LogP contribution in [-0.4, -0.2) is 5.91 Å². The van der Waals surface area contributed by atoms with Gasteiger partial charge in [0.25, 0.3) is 0 Å². The van der Waals surface area contributed by atoms with Crippen LogP contribution in [-0.2, 0) is 4.79 Å². The maximum atomic E-state index is 11.6. The second-order valence-electron chi connectivity index (χ2n) is 3.68. The van der Waals surface area contributed by atoms with E-state index in [1.807, 2.05) is 30.3 Å². The zero-order valence-corrected chi connectivity index (χ0v) is 9.93. The van der Waals surface area contributed by atoms with Crippen molar-refractivity contribution in [3.63, 3.8) is 0 Å². The number of benzene rings is 1. The molecule has 0 aliphatic heterocycles. The van der Waals surface area contributed by atoms with Crippen molar-refractivity contribution in [2.24, 2.45) is 5.92 Å². The maximum Gasteiger partial charge on any atom is 0.224 e. The van der Waals surface area contributed by atoms with Crippen LogP contribution in [0.2, 0.25) is 0 Å². The van der Waals surface area contributed by atoms with Crippen LogP contribution in [0.5, 0.6) is 0 Å². The molecule has 1 saturated carbocycles. The van der Waals surface area contributed by atoms with Gasteiger partial charge in [-0.3, -0.25) is 4.79 Å². The predicted octanol–water partition coefficient (Wildman–Crippen LogP) is 2.79. The number of rotatable bonds is 4. The van der Waals surface area contributed by atoms with Crippen LogP contribution >= 0.6 is 22.5 Å². The normalized spacial score (nSPS) is 17.1. The molecule has 0 unspecified atom stereocenters. The minimum absolute atomic E-state index is 0.0392. The van der Waals surface area contributed by atoms with Crippen molar-refractivity contribution in [1.29, 1.82) is 0 Å². The van der Waals surface area contributed by atoms with E-state index in [9.17, 15) is 4.79 Å². The van der Waals surface area contributed by atoms with Gasteiger partial charge in [0.2, 0.25) is 5.91 Å². The minimum atomic E-state index is -0.0392. The first-order valence-electron chi connectivity index (χ1n) is 4.97. The van der Waals surface area contributed by atoms with Gasteiger partial charge < -0.3 is 5.32 Å². The average molecular weight is 239 g/mol. The third kappa shape index (κ3) is 2.92. The van der Waals surface area contributed by atoms with Gasteiger partial charge in [0.05, 0.1) is 0 Å². The first-order chi connectivity index (χ1) is 7.31. The lowest BCUT2D eigenvalue weighted by molar-refractivity contribution is -0.122. The first-order valence-corrected chi connectivity index (χ1v) is 6.90. The minimum Gasteiger partial charge on any atom is -0.339 e. The molecule has 1 aromatic rings. The summed E-state index contributed by atoms with van der Waals surface area (Å²) in [6.07, 6.45) is 2.06.